The molecular weight excluding hydrogens is 552 g/mol. The number of fused-ring (bicyclic) bond motifs is 2. The molecule has 2 aliphatic carbocycles. The first kappa shape index (κ1) is 30.5. The van der Waals surface area contributed by atoms with Crippen LogP contribution in [0.1, 0.15) is 75.6 Å². The van der Waals surface area contributed by atoms with Gasteiger partial charge >= 0.3 is 5.97 Å². The molecule has 2 aliphatic rings. The predicted octanol–water partition coefficient (Wildman–Crippen LogP) is 6.18. The molecule has 228 valence electrons. The Morgan fingerprint density at radius 3 is 2.28 bits per heavy atom. The van der Waals surface area contributed by atoms with Gasteiger partial charge in [0.25, 0.3) is 0 Å². The molecule has 0 N–H and O–H groups in total. The van der Waals surface area contributed by atoms with E-state index in [1.165, 1.54) is 20.5 Å². The zero-order valence-electron chi connectivity index (χ0n) is 25.4. The summed E-state index contributed by atoms with van der Waals surface area (Å²) in [6.45, 7) is 6.17. The maximum atomic E-state index is 14.1. The number of ketones is 1. The Bertz CT molecular complexity index is 1620. The molecule has 1 aromatic heterocycles. The lowest BCUT2D eigenvalue weighted by molar-refractivity contribution is 0.0321. The quantitative estimate of drug-likeness (QED) is 0.202. The summed E-state index contributed by atoms with van der Waals surface area (Å²) in [5.74, 6) is 0.801. The van der Waals surface area contributed by atoms with E-state index in [0.717, 1.165) is 31.2 Å². The zero-order valence-corrected chi connectivity index (χ0v) is 25.4. The third-order valence-electron chi connectivity index (χ3n) is 8.52. The van der Waals surface area contributed by atoms with Crippen molar-refractivity contribution in [3.63, 3.8) is 0 Å². The van der Waals surface area contributed by atoms with Crippen LogP contribution in [0.15, 0.2) is 39.7 Å². The standard InChI is InChI=1S/C34H38O9/c1-19-6-8-22(9-7-19)15-41-34(37)30-21(3)20(2)12-29-31(30)33(36)26(16-40-29)24-11-10-23-13-27(42-17-38-4)28(43-18-39-5)14-25(23)32(24)35/h11-14,16,19,22H,6-10,15,17-18H2,1-5H3. The van der Waals surface area contributed by atoms with Crippen molar-refractivity contribution in [2.45, 2.75) is 52.9 Å². The van der Waals surface area contributed by atoms with E-state index in [1.807, 2.05) is 6.92 Å². The SMILES string of the molecule is COCOc1cc2c(cc1OCOC)C(=O)C(c1coc3cc(C)c(C)c(C(=O)OCC4CCC(C)CC4)c3c1=O)=CC2. The van der Waals surface area contributed by atoms with Gasteiger partial charge in [-0.15, -0.1) is 0 Å². The summed E-state index contributed by atoms with van der Waals surface area (Å²) in [5, 5.41) is 0.120. The van der Waals surface area contributed by atoms with Gasteiger partial charge in [0.2, 0.25) is 5.43 Å². The summed E-state index contributed by atoms with van der Waals surface area (Å²) in [7, 11) is 3.00. The van der Waals surface area contributed by atoms with Crippen LogP contribution in [0.4, 0.5) is 0 Å². The summed E-state index contributed by atoms with van der Waals surface area (Å²) in [5.41, 5.74) is 2.82. The number of benzene rings is 2. The second-order valence-electron chi connectivity index (χ2n) is 11.5. The van der Waals surface area contributed by atoms with E-state index in [-0.39, 0.29) is 47.0 Å². The molecule has 0 spiro atoms. The van der Waals surface area contributed by atoms with Gasteiger partial charge in [-0.2, -0.15) is 0 Å². The molecule has 3 aromatic rings. The number of hydrogen-bond acceptors (Lipinski definition) is 9. The van der Waals surface area contributed by atoms with Crippen molar-refractivity contribution in [3.05, 3.63) is 74.1 Å². The first-order valence-electron chi connectivity index (χ1n) is 14.6. The zero-order chi connectivity index (χ0) is 30.7. The Labute approximate surface area is 250 Å². The molecule has 5 rings (SSSR count). The molecule has 1 heterocycles. The third kappa shape index (κ3) is 6.24. The molecule has 0 atom stereocenters. The molecule has 9 heteroatoms. The van der Waals surface area contributed by atoms with Crippen LogP contribution in [0.2, 0.25) is 0 Å². The monoisotopic (exact) mass is 590 g/mol. The molecular formula is C34H38O9. The van der Waals surface area contributed by atoms with Crippen LogP contribution in [0.5, 0.6) is 11.5 Å². The number of methoxy groups -OCH3 is 2. The highest BCUT2D eigenvalue weighted by atomic mass is 16.7. The van der Waals surface area contributed by atoms with Crippen LogP contribution in [0.3, 0.4) is 0 Å². The Kier molecular flexibility index (Phi) is 9.32. The number of Topliss-reactive ketones (excluding diaryl/α,β-unsaturated/α-hetero) is 1. The highest BCUT2D eigenvalue weighted by Crippen LogP contribution is 2.37. The average Bonchev–Trinajstić information content (AvgIpc) is 3.00. The van der Waals surface area contributed by atoms with Gasteiger partial charge < -0.3 is 28.1 Å². The molecule has 0 amide bonds. The lowest BCUT2D eigenvalue weighted by Crippen LogP contribution is -2.22. The van der Waals surface area contributed by atoms with Crippen LogP contribution in [0, 0.1) is 25.7 Å². The fourth-order valence-corrected chi connectivity index (χ4v) is 5.85. The second kappa shape index (κ2) is 13.1. The fourth-order valence-electron chi connectivity index (χ4n) is 5.85. The number of hydrogen-bond donors (Lipinski definition) is 0. The molecule has 9 nitrogen and oxygen atoms in total. The Morgan fingerprint density at radius 1 is 0.930 bits per heavy atom. The topological polar surface area (TPSA) is 110 Å². The normalized spacial score (nSPS) is 18.3. The van der Waals surface area contributed by atoms with Gasteiger partial charge in [0.15, 0.2) is 30.9 Å². The van der Waals surface area contributed by atoms with Crippen molar-refractivity contribution >= 4 is 28.3 Å². The van der Waals surface area contributed by atoms with Crippen LogP contribution < -0.4 is 14.9 Å². The Hall–Kier alpha value is -3.95. The van der Waals surface area contributed by atoms with Gasteiger partial charge in [0.1, 0.15) is 11.8 Å². The van der Waals surface area contributed by atoms with E-state index in [9.17, 15) is 14.4 Å². The second-order valence-corrected chi connectivity index (χ2v) is 11.5. The van der Waals surface area contributed by atoms with Crippen LogP contribution in [-0.4, -0.2) is 46.2 Å². The highest BCUT2D eigenvalue weighted by Gasteiger charge is 2.29. The maximum absolute atomic E-state index is 14.1. The number of rotatable bonds is 10. The molecule has 0 aliphatic heterocycles. The molecule has 2 aromatic carbocycles. The van der Waals surface area contributed by atoms with E-state index in [2.05, 4.69) is 6.92 Å². The van der Waals surface area contributed by atoms with Crippen LogP contribution in [0.25, 0.3) is 16.5 Å². The number of ether oxygens (including phenoxy) is 5. The predicted molar refractivity (Wildman–Crippen MR) is 161 cm³/mol. The molecule has 0 radical (unpaired) electrons. The van der Waals surface area contributed by atoms with E-state index in [0.29, 0.717) is 53.1 Å². The molecule has 0 saturated heterocycles. The third-order valence-corrected chi connectivity index (χ3v) is 8.52. The average molecular weight is 591 g/mol. The van der Waals surface area contributed by atoms with Gasteiger partial charge in [-0.3, -0.25) is 9.59 Å². The van der Waals surface area contributed by atoms with Crippen molar-refractivity contribution in [1.29, 1.82) is 0 Å². The number of carbonyl (C=O) groups is 2. The van der Waals surface area contributed by atoms with E-state index in [4.69, 9.17) is 28.1 Å². The van der Waals surface area contributed by atoms with Crippen molar-refractivity contribution in [2.75, 3.05) is 34.4 Å². The van der Waals surface area contributed by atoms with Gasteiger partial charge in [-0.25, -0.2) is 4.79 Å². The largest absolute Gasteiger partial charge is 0.464 e. The minimum absolute atomic E-state index is 0.00117. The van der Waals surface area contributed by atoms with Gasteiger partial charge in [0.05, 0.1) is 23.1 Å². The highest BCUT2D eigenvalue weighted by molar-refractivity contribution is 6.30. The summed E-state index contributed by atoms with van der Waals surface area (Å²) >= 11 is 0. The summed E-state index contributed by atoms with van der Waals surface area (Å²) in [6, 6.07) is 5.04. The molecule has 0 bridgehead atoms. The first-order chi connectivity index (χ1) is 20.7. The Balaban J connectivity index is 1.51. The number of esters is 1. The maximum Gasteiger partial charge on any atom is 0.339 e. The Morgan fingerprint density at radius 2 is 1.60 bits per heavy atom. The van der Waals surface area contributed by atoms with E-state index in [1.54, 1.807) is 31.2 Å². The molecule has 43 heavy (non-hydrogen) atoms. The van der Waals surface area contributed by atoms with Crippen LogP contribution >= 0.6 is 0 Å². The fraction of sp³-hybridized carbons (Fsp3) is 0.441. The first-order valence-corrected chi connectivity index (χ1v) is 14.6. The summed E-state index contributed by atoms with van der Waals surface area (Å²) in [4.78, 5) is 41.4. The lowest BCUT2D eigenvalue weighted by atomic mass is 9.83. The van der Waals surface area contributed by atoms with Crippen LogP contribution in [-0.2, 0) is 20.6 Å². The number of allylic oxidation sites excluding steroid dienone is 2. The van der Waals surface area contributed by atoms with E-state index < -0.39 is 11.4 Å². The van der Waals surface area contributed by atoms with Gasteiger partial charge in [-0.1, -0.05) is 25.8 Å². The summed E-state index contributed by atoms with van der Waals surface area (Å²) < 4.78 is 33.0. The molecule has 0 unspecified atom stereocenters. The number of carbonyl (C=O) groups excluding carboxylic acids is 2. The van der Waals surface area contributed by atoms with Crippen molar-refractivity contribution in [2.24, 2.45) is 11.8 Å². The van der Waals surface area contributed by atoms with Crippen molar-refractivity contribution in [3.8, 4) is 11.5 Å². The minimum Gasteiger partial charge on any atom is -0.464 e. The minimum atomic E-state index is -0.549. The smallest absolute Gasteiger partial charge is 0.339 e. The lowest BCUT2D eigenvalue weighted by Gasteiger charge is -2.25. The van der Waals surface area contributed by atoms with Gasteiger partial charge in [0, 0.05) is 25.4 Å². The van der Waals surface area contributed by atoms with Crippen molar-refractivity contribution < 1.29 is 37.7 Å². The van der Waals surface area contributed by atoms with Crippen molar-refractivity contribution in [1.82, 2.24) is 0 Å². The summed E-state index contributed by atoms with van der Waals surface area (Å²) in [6.07, 6.45) is 7.63. The van der Waals surface area contributed by atoms with Gasteiger partial charge in [-0.05, 0) is 79.8 Å². The molecule has 1 fully saturated rings. The number of aryl methyl sites for hydroxylation is 1. The molecule has 1 saturated carbocycles. The van der Waals surface area contributed by atoms with E-state index >= 15 is 0 Å².